The molecule has 2 saturated carbocycles. The number of carbonyl (C=O) groups is 3. The molecule has 3 aromatic carbocycles. The highest BCUT2D eigenvalue weighted by atomic mass is 19.3. The Morgan fingerprint density at radius 2 is 1.61 bits per heavy atom. The lowest BCUT2D eigenvalue weighted by Crippen LogP contribution is -2.51. The Hall–Kier alpha value is -5.79. The summed E-state index contributed by atoms with van der Waals surface area (Å²) in [5.41, 5.74) is 4.32. The molecule has 3 N–H and O–H groups in total. The third-order valence-electron chi connectivity index (χ3n) is 13.7. The number of carbonyl (C=O) groups excluding carboxylic acids is 3. The van der Waals surface area contributed by atoms with Crippen LogP contribution in [0.1, 0.15) is 108 Å². The number of methoxy groups -OCH3 is 1. The second-order valence-electron chi connectivity index (χ2n) is 19.2. The Bertz CT molecular complexity index is 2610. The molecule has 318 valence electrons. The van der Waals surface area contributed by atoms with E-state index in [2.05, 4.69) is 15.3 Å². The number of hydrogen-bond donors (Lipinski definition) is 3. The van der Waals surface area contributed by atoms with E-state index >= 15 is 8.78 Å². The van der Waals surface area contributed by atoms with Crippen LogP contribution in [0.2, 0.25) is 0 Å². The maximum atomic E-state index is 16.6. The molecule has 10 rings (SSSR count). The minimum Gasteiger partial charge on any atom is -0.453 e. The Balaban J connectivity index is 0.901. The van der Waals surface area contributed by atoms with E-state index in [1.165, 1.54) is 13.2 Å². The fraction of sp³-hybridized carbons (Fsp3) is 0.468. The van der Waals surface area contributed by atoms with Crippen LogP contribution in [0, 0.1) is 17.3 Å². The standard InChI is InChI=1S/C47H51F2N7O5/c1-24(2)38(54-43(58)60-6)42(57)55-23-46(15-16-46)21-37(55)40-50-22-36(53-40)27-9-13-31-30-12-8-25(18-32(30)47(48,49)33(31)19-27)26-10-14-34-35(20-26)52-41(51-34)39-28-7-11-29(17-28)56(39)44(59)61-45(3,4)5/h8-10,12-14,18-20,22,24,28-29,37-39H,7,11,15-17,21,23H2,1-6H3,(H,50,53)(H,51,52)(H,54,58). The number of H-pyrrole nitrogens is 2. The largest absolute Gasteiger partial charge is 0.453 e. The van der Waals surface area contributed by atoms with Crippen molar-refractivity contribution < 1.29 is 32.6 Å². The molecule has 4 heterocycles. The lowest BCUT2D eigenvalue weighted by molar-refractivity contribution is -0.135. The second kappa shape index (κ2) is 13.9. The average molecular weight is 832 g/mol. The van der Waals surface area contributed by atoms with Gasteiger partial charge in [-0.1, -0.05) is 44.2 Å². The van der Waals surface area contributed by atoms with Crippen molar-refractivity contribution in [1.82, 2.24) is 35.1 Å². The molecule has 2 aromatic heterocycles. The summed E-state index contributed by atoms with van der Waals surface area (Å²) in [6.45, 7) is 9.93. The molecule has 3 amide bonds. The van der Waals surface area contributed by atoms with Crippen molar-refractivity contribution in [3.05, 3.63) is 83.6 Å². The van der Waals surface area contributed by atoms with Crippen LogP contribution in [0.4, 0.5) is 18.4 Å². The van der Waals surface area contributed by atoms with Crippen LogP contribution in [0.15, 0.2) is 60.8 Å². The van der Waals surface area contributed by atoms with Gasteiger partial charge in [0, 0.05) is 29.3 Å². The van der Waals surface area contributed by atoms with Crippen LogP contribution in [-0.4, -0.2) is 79.2 Å². The van der Waals surface area contributed by atoms with E-state index in [9.17, 15) is 14.4 Å². The number of likely N-dealkylation sites (tertiary alicyclic amines) is 2. The zero-order valence-corrected chi connectivity index (χ0v) is 35.3. The van der Waals surface area contributed by atoms with Crippen molar-refractivity contribution in [3.63, 3.8) is 0 Å². The molecule has 12 nitrogen and oxygen atoms in total. The third-order valence-corrected chi connectivity index (χ3v) is 13.7. The number of rotatable bonds is 7. The summed E-state index contributed by atoms with van der Waals surface area (Å²) in [6, 6.07) is 14.9. The van der Waals surface area contributed by atoms with E-state index in [1.807, 2.05) is 74.8 Å². The fourth-order valence-corrected chi connectivity index (χ4v) is 10.4. The van der Waals surface area contributed by atoms with Crippen LogP contribution in [0.3, 0.4) is 0 Å². The van der Waals surface area contributed by atoms with Crippen molar-refractivity contribution >= 4 is 29.1 Å². The normalized spacial score (nSPS) is 23.4. The molecule has 5 aliphatic rings. The number of nitrogens with zero attached hydrogens (tertiary/aromatic N) is 4. The average Bonchev–Trinajstić information content (AvgIpc) is 3.87. The Labute approximate surface area is 352 Å². The van der Waals surface area contributed by atoms with Gasteiger partial charge in [0.05, 0.1) is 42.1 Å². The van der Waals surface area contributed by atoms with Crippen molar-refractivity contribution in [3.8, 4) is 33.5 Å². The Morgan fingerprint density at radius 3 is 2.30 bits per heavy atom. The highest BCUT2D eigenvalue weighted by molar-refractivity contribution is 5.88. The van der Waals surface area contributed by atoms with Gasteiger partial charge in [-0.05, 0) is 123 Å². The number of halogens is 2. The number of aromatic amines is 2. The van der Waals surface area contributed by atoms with E-state index in [0.717, 1.165) is 60.9 Å². The molecule has 0 radical (unpaired) electrons. The Kier molecular flexibility index (Phi) is 8.95. The first-order valence-corrected chi connectivity index (χ1v) is 21.4. The van der Waals surface area contributed by atoms with Crippen molar-refractivity contribution in [2.24, 2.45) is 17.3 Å². The third kappa shape index (κ3) is 6.64. The SMILES string of the molecule is COC(=O)NC(C(=O)N1CC2(CC2)CC1c1ncc(-c2ccc3c(c2)C(F)(F)c2cc(-c4ccc5nc(C6C7CCC(C7)N6C(=O)OC(C)(C)C)[nH]c5c4)ccc2-3)[nH]1)C(C)C. The van der Waals surface area contributed by atoms with E-state index in [-0.39, 0.29) is 58.5 Å². The number of aromatic nitrogens is 4. The van der Waals surface area contributed by atoms with Gasteiger partial charge in [-0.25, -0.2) is 19.6 Å². The zero-order valence-electron chi connectivity index (χ0n) is 35.3. The first-order chi connectivity index (χ1) is 29.0. The van der Waals surface area contributed by atoms with Gasteiger partial charge in [0.25, 0.3) is 5.92 Å². The van der Waals surface area contributed by atoms with Gasteiger partial charge in [-0.15, -0.1) is 0 Å². The maximum Gasteiger partial charge on any atom is 0.411 e. The number of alkyl halides is 2. The number of piperidine rings is 1. The number of benzene rings is 3. The van der Waals surface area contributed by atoms with E-state index < -0.39 is 23.7 Å². The molecule has 4 fully saturated rings. The molecular weight excluding hydrogens is 781 g/mol. The zero-order chi connectivity index (χ0) is 42.7. The summed E-state index contributed by atoms with van der Waals surface area (Å²) in [4.78, 5) is 59.6. The molecule has 2 bridgehead atoms. The van der Waals surface area contributed by atoms with Crippen molar-refractivity contribution in [2.75, 3.05) is 13.7 Å². The quantitative estimate of drug-likeness (QED) is 0.148. The Morgan fingerprint density at radius 1 is 0.918 bits per heavy atom. The maximum absolute atomic E-state index is 16.6. The van der Waals surface area contributed by atoms with E-state index in [4.69, 9.17) is 19.4 Å². The van der Waals surface area contributed by atoms with E-state index in [1.54, 1.807) is 24.4 Å². The lowest BCUT2D eigenvalue weighted by Gasteiger charge is -2.35. The van der Waals surface area contributed by atoms with Gasteiger partial charge in [0.1, 0.15) is 23.3 Å². The molecule has 5 aromatic rings. The van der Waals surface area contributed by atoms with Gasteiger partial charge in [-0.2, -0.15) is 8.78 Å². The first-order valence-electron chi connectivity index (χ1n) is 21.4. The number of amides is 3. The highest BCUT2D eigenvalue weighted by Crippen LogP contribution is 2.59. The monoisotopic (exact) mass is 831 g/mol. The first kappa shape index (κ1) is 39.4. The smallest absolute Gasteiger partial charge is 0.411 e. The molecule has 3 aliphatic carbocycles. The number of alkyl carbamates (subject to hydrolysis) is 1. The van der Waals surface area contributed by atoms with Crippen molar-refractivity contribution in [2.45, 2.75) is 109 Å². The highest BCUT2D eigenvalue weighted by Gasteiger charge is 2.55. The van der Waals surface area contributed by atoms with Gasteiger partial charge >= 0.3 is 12.2 Å². The number of nitrogens with one attached hydrogen (secondary N) is 3. The molecule has 2 saturated heterocycles. The van der Waals surface area contributed by atoms with Crippen LogP contribution in [0.5, 0.6) is 0 Å². The lowest BCUT2D eigenvalue weighted by atomic mass is 9.98. The minimum atomic E-state index is -3.26. The molecule has 1 spiro atoms. The van der Waals surface area contributed by atoms with Gasteiger partial charge in [-0.3, -0.25) is 9.69 Å². The summed E-state index contributed by atoms with van der Waals surface area (Å²) in [6.07, 6.45) is 6.30. The molecule has 5 unspecified atom stereocenters. The van der Waals surface area contributed by atoms with Crippen LogP contribution in [0.25, 0.3) is 44.5 Å². The summed E-state index contributed by atoms with van der Waals surface area (Å²) < 4.78 is 43.8. The van der Waals surface area contributed by atoms with Crippen LogP contribution >= 0.6 is 0 Å². The predicted octanol–water partition coefficient (Wildman–Crippen LogP) is 9.64. The minimum absolute atomic E-state index is 0.0215. The van der Waals surface area contributed by atoms with Crippen molar-refractivity contribution in [1.29, 1.82) is 0 Å². The van der Waals surface area contributed by atoms with Gasteiger partial charge in [0.15, 0.2) is 0 Å². The van der Waals surface area contributed by atoms with E-state index in [0.29, 0.717) is 40.3 Å². The predicted molar refractivity (Wildman–Crippen MR) is 224 cm³/mol. The molecule has 5 atom stereocenters. The number of imidazole rings is 2. The molecule has 61 heavy (non-hydrogen) atoms. The van der Waals surface area contributed by atoms with Crippen LogP contribution in [-0.2, 0) is 20.2 Å². The van der Waals surface area contributed by atoms with Crippen LogP contribution < -0.4 is 5.32 Å². The molecule has 14 heteroatoms. The summed E-state index contributed by atoms with van der Waals surface area (Å²) in [5, 5.41) is 2.70. The van der Waals surface area contributed by atoms with Gasteiger partial charge in [0.2, 0.25) is 5.91 Å². The second-order valence-corrected chi connectivity index (χ2v) is 19.2. The summed E-state index contributed by atoms with van der Waals surface area (Å²) in [7, 11) is 1.27. The number of hydrogen-bond acceptors (Lipinski definition) is 7. The topological polar surface area (TPSA) is 146 Å². The summed E-state index contributed by atoms with van der Waals surface area (Å²) >= 11 is 0. The fourth-order valence-electron chi connectivity index (χ4n) is 10.4. The van der Waals surface area contributed by atoms with Gasteiger partial charge < -0.3 is 29.7 Å². The number of ether oxygens (including phenoxy) is 2. The number of fused-ring (bicyclic) bond motifs is 6. The molecular formula is C47H51F2N7O5. The molecule has 2 aliphatic heterocycles. The summed E-state index contributed by atoms with van der Waals surface area (Å²) in [5.74, 6) is -2.03.